The van der Waals surface area contributed by atoms with E-state index >= 15 is 0 Å². The lowest BCUT2D eigenvalue weighted by atomic mass is 9.86. The largest absolute Gasteiger partial charge is 0.478 e. The molecule has 2 N–H and O–H groups in total. The van der Waals surface area contributed by atoms with Gasteiger partial charge in [0.05, 0.1) is 10.5 Å². The molecule has 2 aliphatic carbocycles. The zero-order chi connectivity index (χ0) is 19.7. The number of carboxylic acid groups (broad SMARTS) is 1. The van der Waals surface area contributed by atoms with Crippen molar-refractivity contribution in [2.24, 2.45) is 0 Å². The van der Waals surface area contributed by atoms with Crippen molar-refractivity contribution < 1.29 is 28.7 Å². The maximum Gasteiger partial charge on any atom is 0.335 e. The van der Waals surface area contributed by atoms with Gasteiger partial charge in [0.25, 0.3) is 11.6 Å². The number of hydrogen-bond donors (Lipinski definition) is 2. The second kappa shape index (κ2) is 5.56. The minimum absolute atomic E-state index is 0.0376. The number of carboxylic acids is 1. The Kier molecular flexibility index (Phi) is 3.70. The lowest BCUT2D eigenvalue weighted by Crippen LogP contribution is -2.40. The highest BCUT2D eigenvalue weighted by molar-refractivity contribution is 9.10. The quantitative estimate of drug-likeness (QED) is 0.556. The van der Waals surface area contributed by atoms with Gasteiger partial charge in [-0.25, -0.2) is 13.6 Å². The summed E-state index contributed by atoms with van der Waals surface area (Å²) in [4.78, 5) is 22.1. The van der Waals surface area contributed by atoms with Gasteiger partial charge in [0, 0.05) is 28.9 Å². The van der Waals surface area contributed by atoms with Crippen molar-refractivity contribution in [1.82, 2.24) is 0 Å². The van der Waals surface area contributed by atoms with Crippen molar-refractivity contribution in [1.29, 1.82) is 0 Å². The number of benzene rings is 2. The number of nitrogens with zero attached hydrogens (tertiary/aromatic N) is 1. The van der Waals surface area contributed by atoms with Crippen LogP contribution < -0.4 is 0 Å². The third kappa shape index (κ3) is 2.41. The third-order valence-electron chi connectivity index (χ3n) is 5.37. The van der Waals surface area contributed by atoms with E-state index in [4.69, 9.17) is 0 Å². The fourth-order valence-corrected chi connectivity index (χ4v) is 4.78. The highest BCUT2D eigenvalue weighted by Crippen LogP contribution is 2.61. The van der Waals surface area contributed by atoms with Crippen LogP contribution in [0.15, 0.2) is 34.8 Å². The maximum absolute atomic E-state index is 14.6. The van der Waals surface area contributed by atoms with E-state index in [1.165, 1.54) is 6.07 Å². The van der Waals surface area contributed by atoms with E-state index in [9.17, 15) is 33.9 Å². The first-order chi connectivity index (χ1) is 12.5. The van der Waals surface area contributed by atoms with Gasteiger partial charge in [0.1, 0.15) is 0 Å². The number of rotatable bonds is 3. The lowest BCUT2D eigenvalue weighted by Gasteiger charge is -2.28. The van der Waals surface area contributed by atoms with Gasteiger partial charge >= 0.3 is 5.97 Å². The molecule has 140 valence electrons. The molecule has 2 aromatic rings. The van der Waals surface area contributed by atoms with Crippen LogP contribution in [-0.2, 0) is 12.0 Å². The summed E-state index contributed by atoms with van der Waals surface area (Å²) in [6.07, 6.45) is -1.06. The van der Waals surface area contributed by atoms with Crippen molar-refractivity contribution in [3.8, 4) is 0 Å². The van der Waals surface area contributed by atoms with Crippen LogP contribution >= 0.6 is 15.9 Å². The van der Waals surface area contributed by atoms with E-state index in [0.717, 1.165) is 18.2 Å². The van der Waals surface area contributed by atoms with Crippen LogP contribution in [0.25, 0.3) is 0 Å². The van der Waals surface area contributed by atoms with Gasteiger partial charge < -0.3 is 10.2 Å². The van der Waals surface area contributed by atoms with Crippen LogP contribution in [0.2, 0.25) is 0 Å². The standard InChI is InChI=1S/C18H12BrF2NO5/c19-9-3-8-6-18(20,21)17(25)7-14(13(4-9)15(8)17)12-5-10(22(26)27)1-2-11(12)16(23)24/h1-5,14,25H,6-7H2,(H,23,24)/t14-,17-/m0/s1. The van der Waals surface area contributed by atoms with Gasteiger partial charge in [-0.2, -0.15) is 0 Å². The molecule has 0 saturated heterocycles. The normalized spacial score (nSPS) is 24.7. The number of aromatic carboxylic acids is 1. The summed E-state index contributed by atoms with van der Waals surface area (Å²) in [5, 5.41) is 31.4. The van der Waals surface area contributed by atoms with Gasteiger partial charge in [0.2, 0.25) is 0 Å². The van der Waals surface area contributed by atoms with Crippen molar-refractivity contribution >= 4 is 27.6 Å². The zero-order valence-corrected chi connectivity index (χ0v) is 15.2. The Morgan fingerprint density at radius 3 is 2.59 bits per heavy atom. The van der Waals surface area contributed by atoms with Crippen molar-refractivity contribution in [3.05, 3.63) is 72.7 Å². The molecule has 0 heterocycles. The fraction of sp³-hybridized carbons (Fsp3) is 0.278. The molecule has 0 radical (unpaired) electrons. The molecule has 2 atom stereocenters. The number of non-ortho nitro benzene ring substituents is 1. The minimum atomic E-state index is -3.41. The molecule has 2 aromatic carbocycles. The molecule has 0 fully saturated rings. The average Bonchev–Trinajstić information content (AvgIpc) is 2.97. The topological polar surface area (TPSA) is 101 Å². The SMILES string of the molecule is O=C(O)c1ccc([N+](=O)[O-])cc1[C@@H]1C[C@]2(O)c3c(cc(Br)cc31)CC2(F)F. The van der Waals surface area contributed by atoms with Crippen LogP contribution in [0.5, 0.6) is 0 Å². The van der Waals surface area contributed by atoms with E-state index < -0.39 is 41.2 Å². The number of hydrogen-bond acceptors (Lipinski definition) is 4. The second-order valence-corrected chi connectivity index (χ2v) is 7.78. The predicted molar refractivity (Wildman–Crippen MR) is 93.2 cm³/mol. The summed E-state index contributed by atoms with van der Waals surface area (Å²) in [6, 6.07) is 6.31. The molecule has 0 aliphatic heterocycles. The maximum atomic E-state index is 14.6. The Morgan fingerprint density at radius 2 is 1.96 bits per heavy atom. The number of alkyl halides is 2. The molecule has 27 heavy (non-hydrogen) atoms. The van der Waals surface area contributed by atoms with Gasteiger partial charge in [-0.1, -0.05) is 15.9 Å². The Hall–Kier alpha value is -2.39. The highest BCUT2D eigenvalue weighted by atomic mass is 79.9. The lowest BCUT2D eigenvalue weighted by molar-refractivity contribution is -0.384. The molecule has 4 rings (SSSR count). The molecule has 0 saturated carbocycles. The average molecular weight is 440 g/mol. The summed E-state index contributed by atoms with van der Waals surface area (Å²) in [6.45, 7) is 0. The Labute approximate surface area is 159 Å². The smallest absolute Gasteiger partial charge is 0.335 e. The van der Waals surface area contributed by atoms with E-state index in [-0.39, 0.29) is 27.9 Å². The summed E-state index contributed by atoms with van der Waals surface area (Å²) in [5.74, 6) is -5.64. The zero-order valence-electron chi connectivity index (χ0n) is 13.6. The number of halogens is 3. The monoisotopic (exact) mass is 439 g/mol. The first-order valence-corrected chi connectivity index (χ1v) is 8.79. The van der Waals surface area contributed by atoms with Crippen molar-refractivity contribution in [2.75, 3.05) is 0 Å². The van der Waals surface area contributed by atoms with E-state index in [0.29, 0.717) is 10.0 Å². The summed E-state index contributed by atoms with van der Waals surface area (Å²) >= 11 is 3.26. The molecule has 0 bridgehead atoms. The van der Waals surface area contributed by atoms with Gasteiger partial charge in [0.15, 0.2) is 5.60 Å². The highest BCUT2D eigenvalue weighted by Gasteiger charge is 2.64. The van der Waals surface area contributed by atoms with Crippen molar-refractivity contribution in [3.63, 3.8) is 0 Å². The molecule has 0 amide bonds. The molecule has 9 heteroatoms. The molecule has 6 nitrogen and oxygen atoms in total. The molecule has 0 spiro atoms. The minimum Gasteiger partial charge on any atom is -0.478 e. The van der Waals surface area contributed by atoms with Gasteiger partial charge in [-0.3, -0.25) is 10.1 Å². The Balaban J connectivity index is 1.98. The van der Waals surface area contributed by atoms with Crippen molar-refractivity contribution in [2.45, 2.75) is 30.3 Å². The van der Waals surface area contributed by atoms with Gasteiger partial charge in [-0.05, 0) is 46.9 Å². The van der Waals surface area contributed by atoms with Crippen LogP contribution in [0.3, 0.4) is 0 Å². The molecule has 0 unspecified atom stereocenters. The number of nitro benzene ring substituents is 1. The molecule has 2 aliphatic rings. The van der Waals surface area contributed by atoms with Crippen LogP contribution in [0.1, 0.15) is 45.0 Å². The van der Waals surface area contributed by atoms with Crippen LogP contribution in [-0.4, -0.2) is 27.0 Å². The second-order valence-electron chi connectivity index (χ2n) is 6.86. The number of carbonyl (C=O) groups is 1. The first-order valence-electron chi connectivity index (χ1n) is 8.00. The van der Waals surface area contributed by atoms with E-state index in [1.54, 1.807) is 6.07 Å². The first kappa shape index (κ1) is 18.0. The fourth-order valence-electron chi connectivity index (χ4n) is 4.25. The third-order valence-corrected chi connectivity index (χ3v) is 5.83. The summed E-state index contributed by atoms with van der Waals surface area (Å²) in [5.41, 5.74) is -2.20. The van der Waals surface area contributed by atoms with Crippen LogP contribution in [0, 0.1) is 10.1 Å². The summed E-state index contributed by atoms with van der Waals surface area (Å²) in [7, 11) is 0. The summed E-state index contributed by atoms with van der Waals surface area (Å²) < 4.78 is 29.8. The predicted octanol–water partition coefficient (Wildman–Crippen LogP) is 3.97. The number of nitro groups is 1. The van der Waals surface area contributed by atoms with E-state index in [1.807, 2.05) is 0 Å². The number of aliphatic hydroxyl groups is 1. The Bertz CT molecular complexity index is 1030. The van der Waals surface area contributed by atoms with Crippen LogP contribution in [0.4, 0.5) is 14.5 Å². The van der Waals surface area contributed by atoms with Gasteiger partial charge in [-0.15, -0.1) is 0 Å². The molecular formula is C18H12BrF2NO5. The van der Waals surface area contributed by atoms with E-state index in [2.05, 4.69) is 15.9 Å². The molecule has 0 aromatic heterocycles. The molecular weight excluding hydrogens is 428 g/mol. The Morgan fingerprint density at radius 1 is 1.26 bits per heavy atom.